The molecule has 1 aliphatic heterocycles. The molecule has 0 aliphatic carbocycles. The average Bonchev–Trinajstić information content (AvgIpc) is 3.00. The van der Waals surface area contributed by atoms with Gasteiger partial charge in [0, 0.05) is 17.3 Å². The number of aromatic hydroxyl groups is 1. The lowest BCUT2D eigenvalue weighted by Gasteiger charge is -2.26. The predicted octanol–water partition coefficient (Wildman–Crippen LogP) is 2.92. The molecule has 1 aliphatic rings. The molecule has 25 heavy (non-hydrogen) atoms. The van der Waals surface area contributed by atoms with Gasteiger partial charge in [-0.05, 0) is 24.5 Å². The SMILES string of the molecule is CCc1ccc(C2SCC(=O)N2Cc2c(CO)cnc(C)c2O)cc1. The normalized spacial score (nSPS) is 17.3. The Morgan fingerprint density at radius 1 is 1.32 bits per heavy atom. The molecule has 0 spiro atoms. The summed E-state index contributed by atoms with van der Waals surface area (Å²) in [6.07, 6.45) is 2.54. The van der Waals surface area contributed by atoms with Crippen molar-refractivity contribution in [3.8, 4) is 5.75 Å². The molecule has 1 atom stereocenters. The summed E-state index contributed by atoms with van der Waals surface area (Å²) in [6, 6.07) is 8.30. The van der Waals surface area contributed by atoms with Crippen LogP contribution in [0.1, 0.15) is 40.2 Å². The number of hydrogen-bond acceptors (Lipinski definition) is 5. The van der Waals surface area contributed by atoms with Crippen LogP contribution in [-0.2, 0) is 24.4 Å². The summed E-state index contributed by atoms with van der Waals surface area (Å²) in [5, 5.41) is 19.8. The topological polar surface area (TPSA) is 73.7 Å². The fourth-order valence-corrected chi connectivity index (χ4v) is 4.17. The summed E-state index contributed by atoms with van der Waals surface area (Å²) >= 11 is 1.58. The van der Waals surface area contributed by atoms with E-state index in [1.165, 1.54) is 5.56 Å². The van der Waals surface area contributed by atoms with Crippen molar-refractivity contribution < 1.29 is 15.0 Å². The zero-order valence-electron chi connectivity index (χ0n) is 14.4. The van der Waals surface area contributed by atoms with Crippen molar-refractivity contribution in [2.75, 3.05) is 5.75 Å². The molecule has 1 amide bonds. The lowest BCUT2D eigenvalue weighted by atomic mass is 10.1. The fraction of sp³-hybridized carbons (Fsp3) is 0.368. The molecule has 1 aromatic heterocycles. The average molecular weight is 358 g/mol. The van der Waals surface area contributed by atoms with Gasteiger partial charge in [-0.15, -0.1) is 11.8 Å². The summed E-state index contributed by atoms with van der Waals surface area (Å²) in [6.45, 7) is 3.86. The Balaban J connectivity index is 1.92. The van der Waals surface area contributed by atoms with Crippen LogP contribution in [0.2, 0.25) is 0 Å². The second-order valence-electron chi connectivity index (χ2n) is 6.13. The van der Waals surface area contributed by atoms with Gasteiger partial charge in [0.25, 0.3) is 0 Å². The van der Waals surface area contributed by atoms with Crippen LogP contribution in [-0.4, -0.2) is 31.8 Å². The minimum atomic E-state index is -0.221. The van der Waals surface area contributed by atoms with E-state index < -0.39 is 0 Å². The largest absolute Gasteiger partial charge is 0.506 e. The summed E-state index contributed by atoms with van der Waals surface area (Å²) < 4.78 is 0. The lowest BCUT2D eigenvalue weighted by Crippen LogP contribution is -2.28. The Kier molecular flexibility index (Phi) is 5.30. The number of aryl methyl sites for hydroxylation is 2. The Hall–Kier alpha value is -2.05. The van der Waals surface area contributed by atoms with Crippen molar-refractivity contribution in [2.45, 2.75) is 38.8 Å². The summed E-state index contributed by atoms with van der Waals surface area (Å²) in [5.74, 6) is 0.503. The maximum atomic E-state index is 12.4. The van der Waals surface area contributed by atoms with Crippen LogP contribution in [0.4, 0.5) is 0 Å². The van der Waals surface area contributed by atoms with Crippen LogP contribution < -0.4 is 0 Å². The van der Waals surface area contributed by atoms with Crippen molar-refractivity contribution in [2.24, 2.45) is 0 Å². The highest BCUT2D eigenvalue weighted by Crippen LogP contribution is 2.41. The standard InChI is InChI=1S/C19H22N2O3S/c1-3-13-4-6-14(7-5-13)19-21(17(23)11-25-19)9-16-15(10-22)8-20-12(2)18(16)24/h4-8,19,22,24H,3,9-11H2,1-2H3. The highest BCUT2D eigenvalue weighted by atomic mass is 32.2. The van der Waals surface area contributed by atoms with Gasteiger partial charge in [0.05, 0.1) is 24.6 Å². The van der Waals surface area contributed by atoms with Crippen LogP contribution in [0.15, 0.2) is 30.5 Å². The van der Waals surface area contributed by atoms with E-state index in [4.69, 9.17) is 0 Å². The van der Waals surface area contributed by atoms with Crippen LogP contribution in [0.3, 0.4) is 0 Å². The van der Waals surface area contributed by atoms with Crippen LogP contribution >= 0.6 is 11.8 Å². The molecule has 0 bridgehead atoms. The maximum absolute atomic E-state index is 12.4. The molecule has 1 saturated heterocycles. The lowest BCUT2D eigenvalue weighted by molar-refractivity contribution is -0.128. The number of rotatable bonds is 5. The Morgan fingerprint density at radius 2 is 2.04 bits per heavy atom. The molecule has 132 valence electrons. The number of thioether (sulfide) groups is 1. The molecule has 2 aromatic rings. The third-order valence-electron chi connectivity index (χ3n) is 4.57. The monoisotopic (exact) mass is 358 g/mol. The predicted molar refractivity (Wildman–Crippen MR) is 98.1 cm³/mol. The number of aromatic nitrogens is 1. The molecule has 1 fully saturated rings. The Bertz CT molecular complexity index is 777. The Morgan fingerprint density at radius 3 is 2.68 bits per heavy atom. The quantitative estimate of drug-likeness (QED) is 0.860. The van der Waals surface area contributed by atoms with Crippen LogP contribution in [0.5, 0.6) is 5.75 Å². The second kappa shape index (κ2) is 7.45. The molecule has 6 heteroatoms. The number of nitrogens with zero attached hydrogens (tertiary/aromatic N) is 2. The van der Waals surface area contributed by atoms with Crippen molar-refractivity contribution in [3.63, 3.8) is 0 Å². The van der Waals surface area contributed by atoms with E-state index in [1.807, 2.05) is 0 Å². The molecule has 0 radical (unpaired) electrons. The molecule has 0 saturated carbocycles. The highest BCUT2D eigenvalue weighted by molar-refractivity contribution is 8.00. The van der Waals surface area contributed by atoms with Gasteiger partial charge < -0.3 is 15.1 Å². The number of amides is 1. The molecule has 1 unspecified atom stereocenters. The van der Waals surface area contributed by atoms with Crippen molar-refractivity contribution in [1.82, 2.24) is 9.88 Å². The number of carbonyl (C=O) groups excluding carboxylic acids is 1. The zero-order chi connectivity index (χ0) is 18.0. The van der Waals surface area contributed by atoms with E-state index in [0.29, 0.717) is 22.6 Å². The van der Waals surface area contributed by atoms with E-state index in [2.05, 4.69) is 36.2 Å². The van der Waals surface area contributed by atoms with Crippen molar-refractivity contribution >= 4 is 17.7 Å². The number of aliphatic hydroxyl groups is 1. The third kappa shape index (κ3) is 3.50. The van der Waals surface area contributed by atoms with E-state index in [0.717, 1.165) is 12.0 Å². The van der Waals surface area contributed by atoms with Gasteiger partial charge >= 0.3 is 0 Å². The van der Waals surface area contributed by atoms with E-state index in [9.17, 15) is 15.0 Å². The smallest absolute Gasteiger partial charge is 0.234 e. The highest BCUT2D eigenvalue weighted by Gasteiger charge is 2.34. The number of aliphatic hydroxyl groups excluding tert-OH is 1. The van der Waals surface area contributed by atoms with Crippen LogP contribution in [0, 0.1) is 6.92 Å². The van der Waals surface area contributed by atoms with E-state index >= 15 is 0 Å². The van der Waals surface area contributed by atoms with E-state index in [1.54, 1.807) is 29.8 Å². The van der Waals surface area contributed by atoms with Gasteiger partial charge in [-0.1, -0.05) is 31.2 Å². The molecule has 2 heterocycles. The van der Waals surface area contributed by atoms with Gasteiger partial charge in [-0.3, -0.25) is 9.78 Å². The first-order valence-electron chi connectivity index (χ1n) is 8.32. The number of pyridine rings is 1. The Labute approximate surface area is 151 Å². The van der Waals surface area contributed by atoms with Gasteiger partial charge in [-0.2, -0.15) is 0 Å². The molecular weight excluding hydrogens is 336 g/mol. The first-order chi connectivity index (χ1) is 12.0. The summed E-state index contributed by atoms with van der Waals surface area (Å²) in [4.78, 5) is 18.3. The maximum Gasteiger partial charge on any atom is 0.234 e. The minimum absolute atomic E-state index is 0.0346. The molecule has 2 N–H and O–H groups in total. The third-order valence-corrected chi connectivity index (χ3v) is 5.83. The molecular formula is C19H22N2O3S. The number of hydrogen-bond donors (Lipinski definition) is 2. The van der Waals surface area contributed by atoms with Gasteiger partial charge in [0.1, 0.15) is 11.1 Å². The first kappa shape index (κ1) is 17.8. The molecule has 5 nitrogen and oxygen atoms in total. The van der Waals surface area contributed by atoms with Crippen molar-refractivity contribution in [1.29, 1.82) is 0 Å². The summed E-state index contributed by atoms with van der Waals surface area (Å²) in [7, 11) is 0. The molecule has 3 rings (SSSR count). The number of benzene rings is 1. The second-order valence-corrected chi connectivity index (χ2v) is 7.20. The zero-order valence-corrected chi connectivity index (χ0v) is 15.2. The van der Waals surface area contributed by atoms with Gasteiger partial charge in [-0.25, -0.2) is 0 Å². The molecule has 1 aromatic carbocycles. The fourth-order valence-electron chi connectivity index (χ4n) is 2.99. The van der Waals surface area contributed by atoms with Crippen molar-refractivity contribution in [3.05, 3.63) is 58.4 Å². The van der Waals surface area contributed by atoms with Gasteiger partial charge in [0.15, 0.2) is 0 Å². The summed E-state index contributed by atoms with van der Waals surface area (Å²) in [5.41, 5.74) is 3.95. The van der Waals surface area contributed by atoms with Crippen LogP contribution in [0.25, 0.3) is 0 Å². The van der Waals surface area contributed by atoms with Gasteiger partial charge in [0.2, 0.25) is 5.91 Å². The minimum Gasteiger partial charge on any atom is -0.506 e. The number of carbonyl (C=O) groups is 1. The first-order valence-corrected chi connectivity index (χ1v) is 9.37. The van der Waals surface area contributed by atoms with E-state index in [-0.39, 0.29) is 30.2 Å².